The van der Waals surface area contributed by atoms with Gasteiger partial charge in [0.15, 0.2) is 0 Å². The molecule has 1 amide bonds. The molecule has 1 aromatic rings. The van der Waals surface area contributed by atoms with Gasteiger partial charge in [0.2, 0.25) is 0 Å². The molecule has 142 valence electrons. The summed E-state index contributed by atoms with van der Waals surface area (Å²) in [7, 11) is 1.84. The molecule has 2 aliphatic carbocycles. The molecule has 0 spiro atoms. The average molecular weight is 357 g/mol. The molecule has 1 aliphatic heterocycles. The van der Waals surface area contributed by atoms with Crippen LogP contribution in [-0.4, -0.2) is 42.5 Å². The molecule has 2 heterocycles. The van der Waals surface area contributed by atoms with Crippen LogP contribution >= 0.6 is 0 Å². The van der Waals surface area contributed by atoms with E-state index < -0.39 is 5.91 Å². The first-order valence-corrected chi connectivity index (χ1v) is 10.2. The van der Waals surface area contributed by atoms with Gasteiger partial charge in [-0.1, -0.05) is 19.3 Å². The molecule has 4 rings (SSSR count). The van der Waals surface area contributed by atoms with E-state index in [0.717, 1.165) is 24.6 Å². The lowest BCUT2D eigenvalue weighted by Gasteiger charge is -2.55. The number of amides is 1. The first-order valence-electron chi connectivity index (χ1n) is 10.2. The molecule has 2 atom stereocenters. The Balaban J connectivity index is 1.61. The highest BCUT2D eigenvalue weighted by atomic mass is 16.5. The normalized spacial score (nSPS) is 32.7. The molecule has 0 aromatic carbocycles. The standard InChI is InChI=1S/C21H31N3O2/c1-26-21(16-9-10-23-19(11-16)20(22)25)17-7-4-8-18(21)14-24(13-17)12-15-5-2-3-6-15/h9-11,15,17-18H,2-8,12-14H2,1H3,(H2,22,25). The first kappa shape index (κ1) is 17.9. The highest BCUT2D eigenvalue weighted by Gasteiger charge is 2.53. The number of rotatable bonds is 5. The van der Waals surface area contributed by atoms with Crippen LogP contribution in [0.2, 0.25) is 0 Å². The third kappa shape index (κ3) is 3.05. The fourth-order valence-corrected chi connectivity index (χ4v) is 5.96. The molecule has 2 bridgehead atoms. The monoisotopic (exact) mass is 357 g/mol. The van der Waals surface area contributed by atoms with E-state index in [2.05, 4.69) is 9.88 Å². The molecule has 3 aliphatic rings. The second-order valence-corrected chi connectivity index (χ2v) is 8.49. The first-order chi connectivity index (χ1) is 12.6. The van der Waals surface area contributed by atoms with Crippen molar-refractivity contribution >= 4 is 5.91 Å². The van der Waals surface area contributed by atoms with E-state index in [9.17, 15) is 4.79 Å². The third-order valence-electron chi connectivity index (χ3n) is 7.07. The third-order valence-corrected chi connectivity index (χ3v) is 7.07. The summed E-state index contributed by atoms with van der Waals surface area (Å²) in [6.07, 6.45) is 10.9. The van der Waals surface area contributed by atoms with Gasteiger partial charge in [-0.25, -0.2) is 0 Å². The fraction of sp³-hybridized carbons (Fsp3) is 0.714. The number of pyridine rings is 1. The highest BCUT2D eigenvalue weighted by Crippen LogP contribution is 2.51. The minimum Gasteiger partial charge on any atom is -0.373 e. The maximum Gasteiger partial charge on any atom is 0.267 e. The van der Waals surface area contributed by atoms with Gasteiger partial charge in [0.25, 0.3) is 5.91 Å². The van der Waals surface area contributed by atoms with Gasteiger partial charge in [0.05, 0.1) is 0 Å². The predicted molar refractivity (Wildman–Crippen MR) is 101 cm³/mol. The molecule has 2 N–H and O–H groups in total. The number of nitrogens with zero attached hydrogens (tertiary/aromatic N) is 2. The van der Waals surface area contributed by atoms with Crippen molar-refractivity contribution in [2.75, 3.05) is 26.7 Å². The Kier molecular flexibility index (Phi) is 5.02. The number of carbonyl (C=O) groups excluding carboxylic acids is 1. The van der Waals surface area contributed by atoms with Crippen LogP contribution in [0.5, 0.6) is 0 Å². The molecular formula is C21H31N3O2. The molecule has 2 saturated carbocycles. The Hall–Kier alpha value is -1.46. The highest BCUT2D eigenvalue weighted by molar-refractivity contribution is 5.90. The van der Waals surface area contributed by atoms with Crippen LogP contribution in [0.15, 0.2) is 18.3 Å². The van der Waals surface area contributed by atoms with Crippen molar-refractivity contribution in [3.8, 4) is 0 Å². The maximum atomic E-state index is 11.6. The zero-order valence-electron chi connectivity index (χ0n) is 15.8. The quantitative estimate of drug-likeness (QED) is 0.880. The summed E-state index contributed by atoms with van der Waals surface area (Å²) < 4.78 is 6.28. The second-order valence-electron chi connectivity index (χ2n) is 8.49. The number of hydrogen-bond acceptors (Lipinski definition) is 4. The van der Waals surface area contributed by atoms with Gasteiger partial charge in [-0.15, -0.1) is 0 Å². The molecule has 2 unspecified atom stereocenters. The summed E-state index contributed by atoms with van der Waals surface area (Å²) in [4.78, 5) is 18.5. The lowest BCUT2D eigenvalue weighted by Crippen LogP contribution is -2.59. The molecule has 1 saturated heterocycles. The van der Waals surface area contributed by atoms with Crippen LogP contribution in [0, 0.1) is 17.8 Å². The smallest absolute Gasteiger partial charge is 0.267 e. The maximum absolute atomic E-state index is 11.6. The van der Waals surface area contributed by atoms with E-state index in [1.165, 1.54) is 51.5 Å². The lowest BCUT2D eigenvalue weighted by molar-refractivity contribution is -0.170. The van der Waals surface area contributed by atoms with E-state index in [-0.39, 0.29) is 5.60 Å². The van der Waals surface area contributed by atoms with Gasteiger partial charge >= 0.3 is 0 Å². The summed E-state index contributed by atoms with van der Waals surface area (Å²) in [6.45, 7) is 3.43. The number of aromatic nitrogens is 1. The van der Waals surface area contributed by atoms with E-state index in [1.54, 1.807) is 6.20 Å². The number of likely N-dealkylation sites (tertiary alicyclic amines) is 1. The van der Waals surface area contributed by atoms with Crippen LogP contribution in [0.3, 0.4) is 0 Å². The van der Waals surface area contributed by atoms with Gasteiger partial charge in [0, 0.05) is 44.8 Å². The van der Waals surface area contributed by atoms with Gasteiger partial charge in [-0.2, -0.15) is 0 Å². The summed E-state index contributed by atoms with van der Waals surface area (Å²) in [5, 5.41) is 0. The molecule has 5 heteroatoms. The summed E-state index contributed by atoms with van der Waals surface area (Å²) >= 11 is 0. The van der Waals surface area contributed by atoms with Crippen LogP contribution in [0.25, 0.3) is 0 Å². The van der Waals surface area contributed by atoms with Crippen molar-refractivity contribution in [2.24, 2.45) is 23.5 Å². The van der Waals surface area contributed by atoms with Crippen LogP contribution in [-0.2, 0) is 10.3 Å². The Labute approximate surface area is 156 Å². The van der Waals surface area contributed by atoms with Crippen molar-refractivity contribution in [1.82, 2.24) is 9.88 Å². The van der Waals surface area contributed by atoms with E-state index in [4.69, 9.17) is 10.5 Å². The minimum absolute atomic E-state index is 0.308. The number of carbonyl (C=O) groups is 1. The second kappa shape index (κ2) is 7.28. The van der Waals surface area contributed by atoms with Crippen LogP contribution in [0.1, 0.15) is 61.0 Å². The van der Waals surface area contributed by atoms with Gasteiger partial charge in [-0.3, -0.25) is 9.78 Å². The zero-order chi connectivity index (χ0) is 18.1. The largest absolute Gasteiger partial charge is 0.373 e. The lowest BCUT2D eigenvalue weighted by atomic mass is 9.62. The van der Waals surface area contributed by atoms with E-state index in [1.807, 2.05) is 19.2 Å². The summed E-state index contributed by atoms with van der Waals surface area (Å²) in [5.74, 6) is 1.34. The number of hydrogen-bond donors (Lipinski definition) is 1. The number of nitrogens with two attached hydrogens (primary N) is 1. The number of primary amides is 1. The molecule has 1 aromatic heterocycles. The number of piperidine rings is 1. The van der Waals surface area contributed by atoms with Crippen LogP contribution in [0.4, 0.5) is 0 Å². The van der Waals surface area contributed by atoms with Gasteiger partial charge in [0.1, 0.15) is 11.3 Å². The van der Waals surface area contributed by atoms with Gasteiger partial charge in [-0.05, 0) is 49.3 Å². The number of methoxy groups -OCH3 is 1. The van der Waals surface area contributed by atoms with Crippen molar-refractivity contribution in [2.45, 2.75) is 50.5 Å². The molecular weight excluding hydrogens is 326 g/mol. The molecule has 3 fully saturated rings. The van der Waals surface area contributed by atoms with Crippen LogP contribution < -0.4 is 5.73 Å². The van der Waals surface area contributed by atoms with E-state index in [0.29, 0.717) is 17.5 Å². The summed E-state index contributed by atoms with van der Waals surface area (Å²) in [6, 6.07) is 3.89. The Morgan fingerprint density at radius 1 is 1.23 bits per heavy atom. The fourth-order valence-electron chi connectivity index (χ4n) is 5.96. The number of ether oxygens (including phenoxy) is 1. The van der Waals surface area contributed by atoms with Crippen molar-refractivity contribution in [1.29, 1.82) is 0 Å². The molecule has 0 radical (unpaired) electrons. The van der Waals surface area contributed by atoms with Crippen molar-refractivity contribution in [3.63, 3.8) is 0 Å². The molecule has 26 heavy (non-hydrogen) atoms. The minimum atomic E-state index is -0.470. The Morgan fingerprint density at radius 3 is 2.54 bits per heavy atom. The Morgan fingerprint density at radius 2 is 1.92 bits per heavy atom. The predicted octanol–water partition coefficient (Wildman–Crippen LogP) is 2.94. The Bertz CT molecular complexity index is 642. The SMILES string of the molecule is COC1(c2ccnc(C(N)=O)c2)C2CCCC1CN(CC1CCCC1)C2. The topological polar surface area (TPSA) is 68.5 Å². The summed E-state index contributed by atoms with van der Waals surface area (Å²) in [5.41, 5.74) is 6.59. The van der Waals surface area contributed by atoms with Gasteiger partial charge < -0.3 is 15.4 Å². The zero-order valence-corrected chi connectivity index (χ0v) is 15.8. The number of fused-ring (bicyclic) bond motifs is 2. The van der Waals surface area contributed by atoms with Crippen molar-refractivity contribution in [3.05, 3.63) is 29.6 Å². The average Bonchev–Trinajstić information content (AvgIpc) is 3.14. The molecule has 5 nitrogen and oxygen atoms in total. The van der Waals surface area contributed by atoms with Crippen molar-refractivity contribution < 1.29 is 9.53 Å². The van der Waals surface area contributed by atoms with E-state index >= 15 is 0 Å².